The predicted molar refractivity (Wildman–Crippen MR) is 70.8 cm³/mol. The van der Waals surface area contributed by atoms with E-state index < -0.39 is 0 Å². The lowest BCUT2D eigenvalue weighted by molar-refractivity contribution is 0.0779. The van der Waals surface area contributed by atoms with E-state index in [0.717, 1.165) is 5.56 Å². The maximum Gasteiger partial charge on any atom is 0.272 e. The van der Waals surface area contributed by atoms with Crippen molar-refractivity contribution < 1.29 is 9.18 Å². The number of halogens is 1. The number of nitrogens with zero attached hydrogens (tertiary/aromatic N) is 2. The van der Waals surface area contributed by atoms with Crippen molar-refractivity contribution in [3.05, 3.63) is 59.5 Å². The van der Waals surface area contributed by atoms with Gasteiger partial charge in [0.15, 0.2) is 0 Å². The number of nitrogen functional groups attached to an aromatic ring is 1. The molecule has 4 nitrogen and oxygen atoms in total. The minimum absolute atomic E-state index is 0.225. The van der Waals surface area contributed by atoms with Gasteiger partial charge in [-0.15, -0.1) is 0 Å². The SMILES string of the molecule is CN(Cc1ccc(F)cc1)C(=O)c1cccc(N)n1. The molecule has 0 bridgehead atoms. The Balaban J connectivity index is 2.09. The first-order chi connectivity index (χ1) is 9.06. The quantitative estimate of drug-likeness (QED) is 0.918. The van der Waals surface area contributed by atoms with Gasteiger partial charge in [-0.2, -0.15) is 0 Å². The number of hydrogen-bond donors (Lipinski definition) is 1. The van der Waals surface area contributed by atoms with Crippen LogP contribution >= 0.6 is 0 Å². The molecule has 0 saturated heterocycles. The maximum atomic E-state index is 12.8. The van der Waals surface area contributed by atoms with Gasteiger partial charge >= 0.3 is 0 Å². The molecule has 2 N–H and O–H groups in total. The van der Waals surface area contributed by atoms with E-state index in [1.807, 2.05) is 0 Å². The van der Waals surface area contributed by atoms with Crippen molar-refractivity contribution in [2.75, 3.05) is 12.8 Å². The van der Waals surface area contributed by atoms with E-state index >= 15 is 0 Å². The lowest BCUT2D eigenvalue weighted by atomic mass is 10.2. The largest absolute Gasteiger partial charge is 0.384 e. The summed E-state index contributed by atoms with van der Waals surface area (Å²) in [6, 6.07) is 10.9. The topological polar surface area (TPSA) is 59.2 Å². The highest BCUT2D eigenvalue weighted by atomic mass is 19.1. The average Bonchev–Trinajstić information content (AvgIpc) is 2.40. The highest BCUT2D eigenvalue weighted by molar-refractivity contribution is 5.92. The second-order valence-electron chi connectivity index (χ2n) is 4.24. The minimum atomic E-state index is -0.296. The van der Waals surface area contributed by atoms with Crippen LogP contribution in [0.25, 0.3) is 0 Å². The van der Waals surface area contributed by atoms with E-state index in [2.05, 4.69) is 4.98 Å². The van der Waals surface area contributed by atoms with E-state index in [1.54, 1.807) is 37.4 Å². The van der Waals surface area contributed by atoms with Crippen molar-refractivity contribution in [2.24, 2.45) is 0 Å². The molecule has 98 valence electrons. The van der Waals surface area contributed by atoms with Crippen LogP contribution in [0.4, 0.5) is 10.2 Å². The summed E-state index contributed by atoms with van der Waals surface area (Å²) in [5.74, 6) is -0.215. The fourth-order valence-corrected chi connectivity index (χ4v) is 1.70. The molecule has 0 aliphatic carbocycles. The standard InChI is InChI=1S/C14H14FN3O/c1-18(9-10-5-7-11(15)8-6-10)14(19)12-3-2-4-13(16)17-12/h2-8H,9H2,1H3,(H2,16,17). The van der Waals surface area contributed by atoms with Crippen LogP contribution in [-0.2, 0) is 6.54 Å². The third-order valence-corrected chi connectivity index (χ3v) is 2.67. The van der Waals surface area contributed by atoms with E-state index in [1.165, 1.54) is 17.0 Å². The van der Waals surface area contributed by atoms with Crippen molar-refractivity contribution in [2.45, 2.75) is 6.54 Å². The summed E-state index contributed by atoms with van der Waals surface area (Å²) in [5.41, 5.74) is 6.69. The minimum Gasteiger partial charge on any atom is -0.384 e. The number of pyridine rings is 1. The fourth-order valence-electron chi connectivity index (χ4n) is 1.70. The summed E-state index contributed by atoms with van der Waals surface area (Å²) in [6.45, 7) is 0.385. The van der Waals surface area contributed by atoms with Crippen LogP contribution in [0, 0.1) is 5.82 Å². The lowest BCUT2D eigenvalue weighted by Gasteiger charge is -2.16. The molecular formula is C14H14FN3O. The summed E-state index contributed by atoms with van der Waals surface area (Å²) >= 11 is 0. The second kappa shape index (κ2) is 5.48. The first-order valence-corrected chi connectivity index (χ1v) is 5.78. The molecule has 0 aliphatic heterocycles. The molecule has 5 heteroatoms. The van der Waals surface area contributed by atoms with E-state index in [4.69, 9.17) is 5.73 Å². The number of anilines is 1. The van der Waals surface area contributed by atoms with Gasteiger partial charge in [0.25, 0.3) is 5.91 Å². The number of hydrogen-bond acceptors (Lipinski definition) is 3. The fraction of sp³-hybridized carbons (Fsp3) is 0.143. The summed E-state index contributed by atoms with van der Waals surface area (Å²) in [4.78, 5) is 17.6. The number of rotatable bonds is 3. The van der Waals surface area contributed by atoms with Crippen LogP contribution in [-0.4, -0.2) is 22.8 Å². The third-order valence-electron chi connectivity index (χ3n) is 2.67. The van der Waals surface area contributed by atoms with Gasteiger partial charge in [0.1, 0.15) is 17.3 Å². The molecule has 0 aliphatic rings. The van der Waals surface area contributed by atoms with Crippen LogP contribution in [0.3, 0.4) is 0 Å². The number of carbonyl (C=O) groups excluding carboxylic acids is 1. The molecule has 0 radical (unpaired) electrons. The summed E-state index contributed by atoms with van der Waals surface area (Å²) < 4.78 is 12.8. The molecular weight excluding hydrogens is 245 g/mol. The predicted octanol–water partition coefficient (Wildman–Crippen LogP) is 2.08. The first-order valence-electron chi connectivity index (χ1n) is 5.78. The molecule has 1 amide bonds. The molecule has 0 spiro atoms. The molecule has 2 rings (SSSR count). The Morgan fingerprint density at radius 3 is 2.58 bits per heavy atom. The zero-order valence-electron chi connectivity index (χ0n) is 10.5. The Labute approximate surface area is 110 Å². The van der Waals surface area contributed by atoms with E-state index in [0.29, 0.717) is 18.1 Å². The molecule has 1 aromatic heterocycles. The Morgan fingerprint density at radius 1 is 1.26 bits per heavy atom. The van der Waals surface area contributed by atoms with Gasteiger partial charge in [0, 0.05) is 13.6 Å². The zero-order chi connectivity index (χ0) is 13.8. The molecule has 19 heavy (non-hydrogen) atoms. The monoisotopic (exact) mass is 259 g/mol. The van der Waals surface area contributed by atoms with Crippen LogP contribution in [0.5, 0.6) is 0 Å². The van der Waals surface area contributed by atoms with Crippen LogP contribution in [0.1, 0.15) is 16.1 Å². The summed E-state index contributed by atoms with van der Waals surface area (Å²) in [6.07, 6.45) is 0. The molecule has 0 fully saturated rings. The van der Waals surface area contributed by atoms with Crippen LogP contribution in [0.15, 0.2) is 42.5 Å². The summed E-state index contributed by atoms with van der Waals surface area (Å²) in [7, 11) is 1.66. The Morgan fingerprint density at radius 2 is 1.95 bits per heavy atom. The van der Waals surface area contributed by atoms with Gasteiger partial charge in [-0.1, -0.05) is 18.2 Å². The van der Waals surface area contributed by atoms with Crippen molar-refractivity contribution in [1.29, 1.82) is 0 Å². The van der Waals surface area contributed by atoms with E-state index in [9.17, 15) is 9.18 Å². The average molecular weight is 259 g/mol. The van der Waals surface area contributed by atoms with Gasteiger partial charge < -0.3 is 10.6 Å². The number of amides is 1. The van der Waals surface area contributed by atoms with Gasteiger partial charge in [-0.3, -0.25) is 4.79 Å². The van der Waals surface area contributed by atoms with Gasteiger partial charge in [-0.25, -0.2) is 9.37 Å². The van der Waals surface area contributed by atoms with Gasteiger partial charge in [0.05, 0.1) is 0 Å². The molecule has 0 unspecified atom stereocenters. The van der Waals surface area contributed by atoms with Crippen molar-refractivity contribution in [3.8, 4) is 0 Å². The molecule has 1 aromatic carbocycles. The second-order valence-corrected chi connectivity index (χ2v) is 4.24. The van der Waals surface area contributed by atoms with Gasteiger partial charge in [0.2, 0.25) is 0 Å². The number of nitrogens with two attached hydrogens (primary N) is 1. The molecule has 1 heterocycles. The van der Waals surface area contributed by atoms with E-state index in [-0.39, 0.29) is 11.7 Å². The Hall–Kier alpha value is -2.43. The summed E-state index contributed by atoms with van der Waals surface area (Å²) in [5, 5.41) is 0. The normalized spacial score (nSPS) is 10.2. The molecule has 0 atom stereocenters. The number of aromatic nitrogens is 1. The van der Waals surface area contributed by atoms with Crippen molar-refractivity contribution in [3.63, 3.8) is 0 Å². The highest BCUT2D eigenvalue weighted by Crippen LogP contribution is 2.09. The lowest BCUT2D eigenvalue weighted by Crippen LogP contribution is -2.27. The zero-order valence-corrected chi connectivity index (χ0v) is 10.5. The molecule has 0 saturated carbocycles. The Bertz CT molecular complexity index is 583. The first kappa shape index (κ1) is 13.0. The van der Waals surface area contributed by atoms with Crippen molar-refractivity contribution in [1.82, 2.24) is 9.88 Å². The highest BCUT2D eigenvalue weighted by Gasteiger charge is 2.13. The number of carbonyl (C=O) groups is 1. The third kappa shape index (κ3) is 3.28. The smallest absolute Gasteiger partial charge is 0.272 e. The number of benzene rings is 1. The van der Waals surface area contributed by atoms with Gasteiger partial charge in [-0.05, 0) is 29.8 Å². The van der Waals surface area contributed by atoms with Crippen molar-refractivity contribution >= 4 is 11.7 Å². The molecule has 2 aromatic rings. The van der Waals surface area contributed by atoms with Crippen LogP contribution in [0.2, 0.25) is 0 Å². The maximum absolute atomic E-state index is 12.8. The Kier molecular flexibility index (Phi) is 3.75. The van der Waals surface area contributed by atoms with Crippen LogP contribution < -0.4 is 5.73 Å².